The summed E-state index contributed by atoms with van der Waals surface area (Å²) < 4.78 is 25.0. The molecule has 0 amide bonds. The Bertz CT molecular complexity index is 519. The van der Waals surface area contributed by atoms with Crippen LogP contribution < -0.4 is 11.5 Å². The van der Waals surface area contributed by atoms with Gasteiger partial charge < -0.3 is 11.5 Å². The normalized spacial score (nSPS) is 9.56. The zero-order valence-electron chi connectivity index (χ0n) is 10.4. The zero-order valence-corrected chi connectivity index (χ0v) is 10.4. The number of nitrogen functional groups attached to an aromatic ring is 2. The van der Waals surface area contributed by atoms with Gasteiger partial charge in [0.05, 0.1) is 0 Å². The van der Waals surface area contributed by atoms with Crippen LogP contribution >= 0.6 is 0 Å². The molecule has 0 aliphatic carbocycles. The summed E-state index contributed by atoms with van der Waals surface area (Å²) in [5.74, 6) is -0.481. The van der Waals surface area contributed by atoms with E-state index >= 15 is 0 Å². The molecule has 2 rings (SSSR count). The molecule has 0 bridgehead atoms. The fraction of sp³-hybridized carbons (Fsp3) is 0.143. The van der Waals surface area contributed by atoms with Crippen LogP contribution in [0.5, 0.6) is 0 Å². The van der Waals surface area contributed by atoms with Gasteiger partial charge in [-0.2, -0.15) is 0 Å². The van der Waals surface area contributed by atoms with Crippen LogP contribution in [0.15, 0.2) is 36.4 Å². The molecule has 18 heavy (non-hydrogen) atoms. The fourth-order valence-electron chi connectivity index (χ4n) is 1.23. The van der Waals surface area contributed by atoms with Gasteiger partial charge in [0.2, 0.25) is 0 Å². The number of aryl methyl sites for hydroxylation is 1. The molecule has 0 fully saturated rings. The van der Waals surface area contributed by atoms with Crippen molar-refractivity contribution in [2.75, 3.05) is 11.5 Å². The molecule has 0 saturated carbocycles. The van der Waals surface area contributed by atoms with Crippen molar-refractivity contribution in [3.63, 3.8) is 0 Å². The maximum atomic E-state index is 12.5. The van der Waals surface area contributed by atoms with Crippen molar-refractivity contribution < 1.29 is 8.78 Å². The fourth-order valence-corrected chi connectivity index (χ4v) is 1.23. The van der Waals surface area contributed by atoms with Crippen LogP contribution in [0.3, 0.4) is 0 Å². The molecular weight excluding hydrogens is 234 g/mol. The minimum atomic E-state index is -0.241. The Kier molecular flexibility index (Phi) is 4.66. The lowest BCUT2D eigenvalue weighted by Gasteiger charge is -1.97. The standard InChI is InChI=1S/2C7H8FN/c1-5-2-3-6(9)4-7(5)8;1-5-6(8)3-2-4-7(5)9/h2*2-4H,9H2,1H3. The number of nitrogens with two attached hydrogens (primary N) is 2. The van der Waals surface area contributed by atoms with Crippen LogP contribution in [0.4, 0.5) is 20.2 Å². The van der Waals surface area contributed by atoms with Crippen molar-refractivity contribution in [3.8, 4) is 0 Å². The van der Waals surface area contributed by atoms with E-state index in [-0.39, 0.29) is 11.6 Å². The van der Waals surface area contributed by atoms with Crippen LogP contribution in [-0.4, -0.2) is 0 Å². The van der Waals surface area contributed by atoms with Crippen molar-refractivity contribution in [3.05, 3.63) is 59.2 Å². The molecule has 0 atom stereocenters. The van der Waals surface area contributed by atoms with Gasteiger partial charge in [0, 0.05) is 16.9 Å². The van der Waals surface area contributed by atoms with E-state index in [0.717, 1.165) is 0 Å². The predicted octanol–water partition coefficient (Wildman–Crippen LogP) is 3.43. The number of benzene rings is 2. The average Bonchev–Trinajstić information content (AvgIpc) is 2.32. The highest BCUT2D eigenvalue weighted by Crippen LogP contribution is 2.12. The van der Waals surface area contributed by atoms with Crippen molar-refractivity contribution in [1.82, 2.24) is 0 Å². The summed E-state index contributed by atoms with van der Waals surface area (Å²) in [5.41, 5.74) is 12.8. The zero-order chi connectivity index (χ0) is 13.7. The Morgan fingerprint density at radius 2 is 1.56 bits per heavy atom. The Labute approximate surface area is 105 Å². The highest BCUT2D eigenvalue weighted by molar-refractivity contribution is 5.45. The van der Waals surface area contributed by atoms with Gasteiger partial charge in [0.15, 0.2) is 0 Å². The van der Waals surface area contributed by atoms with Gasteiger partial charge in [-0.15, -0.1) is 0 Å². The van der Waals surface area contributed by atoms with Gasteiger partial charge in [-0.1, -0.05) is 12.1 Å². The third-order valence-corrected chi connectivity index (χ3v) is 2.51. The van der Waals surface area contributed by atoms with Crippen LogP contribution in [0.1, 0.15) is 11.1 Å². The number of rotatable bonds is 0. The number of anilines is 2. The molecule has 0 saturated heterocycles. The Hall–Kier alpha value is -2.10. The third kappa shape index (κ3) is 3.73. The molecule has 0 unspecified atom stereocenters. The summed E-state index contributed by atoms with van der Waals surface area (Å²) in [4.78, 5) is 0. The van der Waals surface area contributed by atoms with E-state index in [0.29, 0.717) is 22.5 Å². The lowest BCUT2D eigenvalue weighted by molar-refractivity contribution is 0.619. The first-order valence-corrected chi connectivity index (χ1v) is 5.44. The van der Waals surface area contributed by atoms with E-state index in [4.69, 9.17) is 11.5 Å². The van der Waals surface area contributed by atoms with Gasteiger partial charge in [0.1, 0.15) is 11.6 Å². The monoisotopic (exact) mass is 250 g/mol. The molecule has 96 valence electrons. The van der Waals surface area contributed by atoms with Crippen LogP contribution in [0.2, 0.25) is 0 Å². The summed E-state index contributed by atoms with van der Waals surface area (Å²) in [6, 6.07) is 9.32. The third-order valence-electron chi connectivity index (χ3n) is 2.51. The first-order chi connectivity index (χ1) is 8.41. The number of hydrogen-bond acceptors (Lipinski definition) is 2. The van der Waals surface area contributed by atoms with Crippen molar-refractivity contribution in [2.24, 2.45) is 0 Å². The summed E-state index contributed by atoms with van der Waals surface area (Å²) in [7, 11) is 0. The quantitative estimate of drug-likeness (QED) is 0.704. The average molecular weight is 250 g/mol. The lowest BCUT2D eigenvalue weighted by Crippen LogP contribution is -1.90. The summed E-state index contributed by atoms with van der Waals surface area (Å²) in [5, 5.41) is 0. The van der Waals surface area contributed by atoms with Gasteiger partial charge >= 0.3 is 0 Å². The minimum absolute atomic E-state index is 0.241. The Morgan fingerprint density at radius 3 is 2.00 bits per heavy atom. The first-order valence-electron chi connectivity index (χ1n) is 5.44. The molecule has 2 aromatic carbocycles. The summed E-state index contributed by atoms with van der Waals surface area (Å²) >= 11 is 0. The van der Waals surface area contributed by atoms with Crippen LogP contribution in [-0.2, 0) is 0 Å². The van der Waals surface area contributed by atoms with Gasteiger partial charge in [-0.25, -0.2) is 8.78 Å². The molecule has 0 spiro atoms. The maximum absolute atomic E-state index is 12.5. The molecule has 0 aromatic heterocycles. The molecular formula is C14H16F2N2. The molecule has 4 N–H and O–H groups in total. The molecule has 0 aliphatic rings. The Balaban J connectivity index is 0.000000180. The minimum Gasteiger partial charge on any atom is -0.399 e. The van der Waals surface area contributed by atoms with Crippen LogP contribution in [0.25, 0.3) is 0 Å². The van der Waals surface area contributed by atoms with Crippen molar-refractivity contribution >= 4 is 11.4 Å². The smallest absolute Gasteiger partial charge is 0.128 e. The van der Waals surface area contributed by atoms with E-state index in [1.807, 2.05) is 0 Å². The Morgan fingerprint density at radius 1 is 0.889 bits per heavy atom. The molecule has 0 radical (unpaired) electrons. The molecule has 2 nitrogen and oxygen atoms in total. The largest absolute Gasteiger partial charge is 0.399 e. The maximum Gasteiger partial charge on any atom is 0.128 e. The molecule has 0 aliphatic heterocycles. The van der Waals surface area contributed by atoms with Gasteiger partial charge in [0.25, 0.3) is 0 Å². The second kappa shape index (κ2) is 6.00. The van der Waals surface area contributed by atoms with E-state index in [2.05, 4.69) is 0 Å². The predicted molar refractivity (Wildman–Crippen MR) is 71.1 cm³/mol. The molecule has 2 aromatic rings. The SMILES string of the molecule is Cc1c(N)cccc1F.Cc1ccc(N)cc1F. The van der Waals surface area contributed by atoms with Crippen molar-refractivity contribution in [1.29, 1.82) is 0 Å². The van der Waals surface area contributed by atoms with Crippen LogP contribution in [0, 0.1) is 25.5 Å². The molecule has 4 heteroatoms. The summed E-state index contributed by atoms with van der Waals surface area (Å²) in [6.45, 7) is 3.36. The molecule has 0 heterocycles. The van der Waals surface area contributed by atoms with Crippen molar-refractivity contribution in [2.45, 2.75) is 13.8 Å². The van der Waals surface area contributed by atoms with E-state index in [1.165, 1.54) is 12.1 Å². The second-order valence-electron chi connectivity index (χ2n) is 3.96. The number of hydrogen-bond donors (Lipinski definition) is 2. The number of halogens is 2. The lowest BCUT2D eigenvalue weighted by atomic mass is 10.2. The van der Waals surface area contributed by atoms with E-state index in [1.54, 1.807) is 38.1 Å². The topological polar surface area (TPSA) is 52.0 Å². The van der Waals surface area contributed by atoms with E-state index < -0.39 is 0 Å². The first kappa shape index (κ1) is 14.0. The highest BCUT2D eigenvalue weighted by atomic mass is 19.1. The van der Waals surface area contributed by atoms with Gasteiger partial charge in [-0.3, -0.25) is 0 Å². The highest BCUT2D eigenvalue weighted by Gasteiger charge is 1.96. The summed E-state index contributed by atoms with van der Waals surface area (Å²) in [6.07, 6.45) is 0. The van der Waals surface area contributed by atoms with E-state index in [9.17, 15) is 8.78 Å². The second-order valence-corrected chi connectivity index (χ2v) is 3.96. The van der Waals surface area contributed by atoms with Gasteiger partial charge in [-0.05, 0) is 43.7 Å².